The van der Waals surface area contributed by atoms with Crippen molar-refractivity contribution in [2.75, 3.05) is 0 Å². The van der Waals surface area contributed by atoms with Crippen LogP contribution in [0.2, 0.25) is 0 Å². The maximum atomic E-state index is 10.6. The van der Waals surface area contributed by atoms with E-state index in [2.05, 4.69) is 25.2 Å². The van der Waals surface area contributed by atoms with Crippen molar-refractivity contribution in [2.45, 2.75) is 51.6 Å². The summed E-state index contributed by atoms with van der Waals surface area (Å²) in [6.07, 6.45) is 12.0. The van der Waals surface area contributed by atoms with Gasteiger partial charge in [0.1, 0.15) is 5.76 Å². The van der Waals surface area contributed by atoms with Gasteiger partial charge in [0.25, 0.3) is 0 Å². The molecule has 2 aliphatic rings. The van der Waals surface area contributed by atoms with Gasteiger partial charge in [-0.05, 0) is 56.1 Å². The molecule has 0 radical (unpaired) electrons. The Labute approximate surface area is 109 Å². The molecule has 0 spiro atoms. The number of carbonyl (C=O) groups is 1. The third kappa shape index (κ3) is 3.90. The second-order valence-corrected chi connectivity index (χ2v) is 5.54. The maximum Gasteiger partial charge on any atom is 0.303 e. The fraction of sp³-hybridized carbons (Fsp3) is 0.667. The van der Waals surface area contributed by atoms with Gasteiger partial charge in [-0.15, -0.1) is 0 Å². The van der Waals surface area contributed by atoms with Gasteiger partial charge in [0.05, 0.1) is 6.10 Å². The van der Waals surface area contributed by atoms with Crippen LogP contribution in [0, 0.1) is 11.8 Å². The molecule has 0 saturated heterocycles. The van der Waals surface area contributed by atoms with Crippen LogP contribution in [0.15, 0.2) is 24.0 Å². The third-order valence-electron chi connectivity index (χ3n) is 3.84. The van der Waals surface area contributed by atoms with Gasteiger partial charge in [-0.1, -0.05) is 13.0 Å². The highest BCUT2D eigenvalue weighted by Gasteiger charge is 2.24. The molecule has 1 fully saturated rings. The van der Waals surface area contributed by atoms with E-state index in [0.717, 1.165) is 37.9 Å². The Hall–Kier alpha value is -1.25. The van der Waals surface area contributed by atoms with Crippen molar-refractivity contribution in [3.8, 4) is 0 Å². The lowest BCUT2D eigenvalue weighted by Crippen LogP contribution is -2.23. The summed E-state index contributed by atoms with van der Waals surface area (Å²) in [6.45, 7) is 2.20. The first-order valence-corrected chi connectivity index (χ1v) is 6.90. The smallest absolute Gasteiger partial charge is 0.303 e. The average molecular weight is 250 g/mol. The highest BCUT2D eigenvalue weighted by Crippen LogP contribution is 2.30. The minimum atomic E-state index is -0.675. The monoisotopic (exact) mass is 250 g/mol. The first-order chi connectivity index (χ1) is 8.63. The lowest BCUT2D eigenvalue weighted by molar-refractivity contribution is -0.138. The second kappa shape index (κ2) is 6.07. The molecule has 2 rings (SSSR count). The van der Waals surface area contributed by atoms with Crippen LogP contribution >= 0.6 is 0 Å². The summed E-state index contributed by atoms with van der Waals surface area (Å²) in [5, 5.41) is 8.77. The molecule has 3 heteroatoms. The standard InChI is InChI=1S/C15H22O3/c1-11-2-6-13(7-3-11)18-14-8-4-12(5-9-14)10-15(16)17/h2,6-7,11-12,14H,3-5,8-10H2,1H3,(H,16,17)/t11?,12-,14-. The lowest BCUT2D eigenvalue weighted by atomic mass is 9.85. The number of aliphatic carboxylic acids is 1. The van der Waals surface area contributed by atoms with Gasteiger partial charge in [0.15, 0.2) is 0 Å². The van der Waals surface area contributed by atoms with Crippen molar-refractivity contribution in [1.82, 2.24) is 0 Å². The normalized spacial score (nSPS) is 31.8. The molecule has 0 aromatic carbocycles. The van der Waals surface area contributed by atoms with Crippen molar-refractivity contribution in [2.24, 2.45) is 11.8 Å². The molecule has 1 saturated carbocycles. The van der Waals surface area contributed by atoms with Crippen LogP contribution in [-0.4, -0.2) is 17.2 Å². The Bertz CT molecular complexity index is 349. The van der Waals surface area contributed by atoms with Crippen molar-refractivity contribution in [1.29, 1.82) is 0 Å². The van der Waals surface area contributed by atoms with E-state index in [0.29, 0.717) is 18.3 Å². The van der Waals surface area contributed by atoms with Crippen LogP contribution in [0.3, 0.4) is 0 Å². The van der Waals surface area contributed by atoms with Gasteiger partial charge in [-0.2, -0.15) is 0 Å². The molecule has 0 aliphatic heterocycles. The molecule has 2 aliphatic carbocycles. The minimum Gasteiger partial charge on any atom is -0.491 e. The number of ether oxygens (including phenoxy) is 1. The van der Waals surface area contributed by atoms with Crippen molar-refractivity contribution >= 4 is 5.97 Å². The molecule has 1 atom stereocenters. The van der Waals surface area contributed by atoms with Gasteiger partial charge in [-0.25, -0.2) is 0 Å². The van der Waals surface area contributed by atoms with E-state index in [4.69, 9.17) is 9.84 Å². The molecule has 0 heterocycles. The van der Waals surface area contributed by atoms with Crippen molar-refractivity contribution in [3.63, 3.8) is 0 Å². The van der Waals surface area contributed by atoms with E-state index in [1.165, 1.54) is 0 Å². The zero-order chi connectivity index (χ0) is 13.0. The maximum absolute atomic E-state index is 10.6. The fourth-order valence-electron chi connectivity index (χ4n) is 2.69. The predicted octanol–water partition coefficient (Wildman–Crippen LogP) is 3.52. The zero-order valence-electron chi connectivity index (χ0n) is 11.0. The lowest BCUT2D eigenvalue weighted by Gasteiger charge is -2.29. The highest BCUT2D eigenvalue weighted by atomic mass is 16.5. The molecule has 0 aromatic heterocycles. The van der Waals surface area contributed by atoms with Crippen LogP contribution in [-0.2, 0) is 9.53 Å². The number of hydrogen-bond donors (Lipinski definition) is 1. The Morgan fingerprint density at radius 3 is 2.67 bits per heavy atom. The van der Waals surface area contributed by atoms with Gasteiger partial charge in [0.2, 0.25) is 0 Å². The first kappa shape index (κ1) is 13.2. The van der Waals surface area contributed by atoms with E-state index < -0.39 is 5.97 Å². The molecular weight excluding hydrogens is 228 g/mol. The third-order valence-corrected chi connectivity index (χ3v) is 3.84. The fourth-order valence-corrected chi connectivity index (χ4v) is 2.69. The largest absolute Gasteiger partial charge is 0.491 e. The van der Waals surface area contributed by atoms with E-state index in [9.17, 15) is 4.79 Å². The zero-order valence-corrected chi connectivity index (χ0v) is 11.0. The number of hydrogen-bond acceptors (Lipinski definition) is 2. The molecule has 100 valence electrons. The van der Waals surface area contributed by atoms with Crippen molar-refractivity contribution < 1.29 is 14.6 Å². The Balaban J connectivity index is 1.74. The molecule has 0 bridgehead atoms. The molecule has 3 nitrogen and oxygen atoms in total. The number of carboxylic acids is 1. The summed E-state index contributed by atoms with van der Waals surface area (Å²) >= 11 is 0. The van der Waals surface area contributed by atoms with Gasteiger partial charge in [-0.3, -0.25) is 4.79 Å². The summed E-state index contributed by atoms with van der Waals surface area (Å²) in [6, 6.07) is 0. The number of rotatable bonds is 4. The van der Waals surface area contributed by atoms with Gasteiger partial charge in [0, 0.05) is 6.42 Å². The Morgan fingerprint density at radius 2 is 2.11 bits per heavy atom. The Kier molecular flexibility index (Phi) is 4.45. The predicted molar refractivity (Wildman–Crippen MR) is 70.1 cm³/mol. The summed E-state index contributed by atoms with van der Waals surface area (Å²) in [4.78, 5) is 10.6. The first-order valence-electron chi connectivity index (χ1n) is 6.90. The summed E-state index contributed by atoms with van der Waals surface area (Å²) in [5.41, 5.74) is 0. The molecule has 1 N–H and O–H groups in total. The van der Waals surface area contributed by atoms with Gasteiger partial charge < -0.3 is 9.84 Å². The summed E-state index contributed by atoms with van der Waals surface area (Å²) < 4.78 is 5.96. The van der Waals surface area contributed by atoms with Gasteiger partial charge >= 0.3 is 5.97 Å². The van der Waals surface area contributed by atoms with E-state index in [1.807, 2.05) is 0 Å². The molecule has 0 amide bonds. The average Bonchev–Trinajstić information content (AvgIpc) is 2.34. The quantitative estimate of drug-likeness (QED) is 0.830. The van der Waals surface area contributed by atoms with Crippen molar-refractivity contribution in [3.05, 3.63) is 24.0 Å². The van der Waals surface area contributed by atoms with Crippen LogP contribution in [0.4, 0.5) is 0 Å². The molecular formula is C15H22O3. The van der Waals surface area contributed by atoms with Crippen LogP contribution < -0.4 is 0 Å². The Morgan fingerprint density at radius 1 is 1.39 bits per heavy atom. The summed E-state index contributed by atoms with van der Waals surface area (Å²) in [7, 11) is 0. The van der Waals surface area contributed by atoms with Crippen LogP contribution in [0.1, 0.15) is 45.4 Å². The molecule has 0 aromatic rings. The van der Waals surface area contributed by atoms with Crippen LogP contribution in [0.5, 0.6) is 0 Å². The van der Waals surface area contributed by atoms with E-state index in [-0.39, 0.29) is 6.10 Å². The summed E-state index contributed by atoms with van der Waals surface area (Å²) in [5.74, 6) is 1.28. The molecule has 18 heavy (non-hydrogen) atoms. The van der Waals surface area contributed by atoms with E-state index >= 15 is 0 Å². The number of carboxylic acid groups (broad SMARTS) is 1. The number of allylic oxidation sites excluding steroid dienone is 3. The highest BCUT2D eigenvalue weighted by molar-refractivity contribution is 5.67. The minimum absolute atomic E-state index is 0.277. The second-order valence-electron chi connectivity index (χ2n) is 5.54. The molecule has 1 unspecified atom stereocenters. The SMILES string of the molecule is CC1C=CC(O[C@H]2CC[C@H](CC(=O)O)CC2)=CC1. The van der Waals surface area contributed by atoms with Crippen LogP contribution in [0.25, 0.3) is 0 Å². The van der Waals surface area contributed by atoms with E-state index in [1.54, 1.807) is 0 Å². The topological polar surface area (TPSA) is 46.5 Å².